The molecule has 2 fully saturated rings. The zero-order valence-corrected chi connectivity index (χ0v) is 18.3. The number of carbonyl (C=O) groups excluding carboxylic acids is 2. The number of aromatic nitrogens is 1. The molecular weight excluding hydrogens is 378 g/mol. The number of hydrogen-bond donors (Lipinski definition) is 1. The lowest BCUT2D eigenvalue weighted by atomic mass is 9.89. The molecular formula is C24H33N3O3. The largest absolute Gasteiger partial charge is 0.444 e. The van der Waals surface area contributed by atoms with Crippen molar-refractivity contribution in [3.63, 3.8) is 0 Å². The summed E-state index contributed by atoms with van der Waals surface area (Å²) in [6.07, 6.45) is 6.00. The number of rotatable bonds is 3. The van der Waals surface area contributed by atoms with Crippen molar-refractivity contribution in [2.24, 2.45) is 0 Å². The zero-order chi connectivity index (χ0) is 21.3. The van der Waals surface area contributed by atoms with Crippen LogP contribution in [0.1, 0.15) is 64.4 Å². The number of likely N-dealkylation sites (tertiary alicyclic amines) is 2. The molecule has 1 N–H and O–H groups in total. The summed E-state index contributed by atoms with van der Waals surface area (Å²) < 4.78 is 5.53. The standard InChI is InChI=1S/C24H33N3O3/c1-24(2,3)30-23(29)27-12-6-7-18(27)15-22(28)26-13-10-17(11-14-26)20-16-25-21-9-5-4-8-19(20)21/h4-5,8-9,16-18,25H,6-7,10-15H2,1-3H3/t18-/m0/s1. The molecule has 2 aliphatic heterocycles. The zero-order valence-electron chi connectivity index (χ0n) is 18.3. The number of benzene rings is 1. The molecule has 162 valence electrons. The van der Waals surface area contributed by atoms with Crippen molar-refractivity contribution in [3.8, 4) is 0 Å². The van der Waals surface area contributed by atoms with Crippen molar-refractivity contribution in [1.29, 1.82) is 0 Å². The van der Waals surface area contributed by atoms with Gasteiger partial charge < -0.3 is 19.5 Å². The maximum absolute atomic E-state index is 13.0. The minimum absolute atomic E-state index is 0.0429. The molecule has 0 saturated carbocycles. The fourth-order valence-corrected chi connectivity index (χ4v) is 4.81. The van der Waals surface area contributed by atoms with Crippen LogP contribution in [0.3, 0.4) is 0 Å². The second-order valence-electron chi connectivity index (χ2n) is 9.62. The first-order valence-electron chi connectivity index (χ1n) is 11.2. The van der Waals surface area contributed by atoms with Gasteiger partial charge in [-0.1, -0.05) is 18.2 Å². The molecule has 1 aromatic heterocycles. The summed E-state index contributed by atoms with van der Waals surface area (Å²) in [6.45, 7) is 7.86. The molecule has 0 bridgehead atoms. The summed E-state index contributed by atoms with van der Waals surface area (Å²) in [5.74, 6) is 0.641. The van der Waals surface area contributed by atoms with E-state index in [1.807, 2.05) is 31.7 Å². The van der Waals surface area contributed by atoms with Crippen molar-refractivity contribution in [2.45, 2.75) is 70.4 Å². The highest BCUT2D eigenvalue weighted by atomic mass is 16.6. The predicted octanol–water partition coefficient (Wildman–Crippen LogP) is 4.66. The Morgan fingerprint density at radius 3 is 2.57 bits per heavy atom. The van der Waals surface area contributed by atoms with Gasteiger partial charge in [0.2, 0.25) is 5.91 Å². The van der Waals surface area contributed by atoms with Gasteiger partial charge in [-0.25, -0.2) is 4.79 Å². The van der Waals surface area contributed by atoms with Crippen LogP contribution in [0.2, 0.25) is 0 Å². The molecule has 2 amide bonds. The molecule has 2 saturated heterocycles. The Morgan fingerprint density at radius 2 is 1.83 bits per heavy atom. The van der Waals surface area contributed by atoms with Crippen LogP contribution in [0.4, 0.5) is 4.79 Å². The van der Waals surface area contributed by atoms with Gasteiger partial charge in [0.1, 0.15) is 5.60 Å². The lowest BCUT2D eigenvalue weighted by Gasteiger charge is -2.34. The average Bonchev–Trinajstić information content (AvgIpc) is 3.33. The van der Waals surface area contributed by atoms with E-state index in [9.17, 15) is 9.59 Å². The first-order chi connectivity index (χ1) is 14.3. The summed E-state index contributed by atoms with van der Waals surface area (Å²) in [4.78, 5) is 32.5. The minimum Gasteiger partial charge on any atom is -0.444 e. The lowest BCUT2D eigenvalue weighted by molar-refractivity contribution is -0.133. The first-order valence-corrected chi connectivity index (χ1v) is 11.2. The van der Waals surface area contributed by atoms with Gasteiger partial charge in [-0.2, -0.15) is 0 Å². The van der Waals surface area contributed by atoms with Crippen molar-refractivity contribution < 1.29 is 14.3 Å². The molecule has 0 radical (unpaired) electrons. The number of carbonyl (C=O) groups is 2. The van der Waals surface area contributed by atoms with Gasteiger partial charge in [-0.05, 0) is 64.0 Å². The molecule has 4 rings (SSSR count). The molecule has 6 nitrogen and oxygen atoms in total. The maximum atomic E-state index is 13.0. The molecule has 0 aliphatic carbocycles. The number of H-pyrrole nitrogens is 1. The molecule has 3 heterocycles. The van der Waals surface area contributed by atoms with Crippen LogP contribution in [-0.2, 0) is 9.53 Å². The predicted molar refractivity (Wildman–Crippen MR) is 117 cm³/mol. The van der Waals surface area contributed by atoms with Crippen molar-refractivity contribution in [1.82, 2.24) is 14.8 Å². The highest BCUT2D eigenvalue weighted by Crippen LogP contribution is 2.33. The maximum Gasteiger partial charge on any atom is 0.410 e. The van der Waals surface area contributed by atoms with E-state index >= 15 is 0 Å². The Kier molecular flexibility index (Phi) is 5.76. The van der Waals surface area contributed by atoms with E-state index in [0.29, 0.717) is 18.9 Å². The quantitative estimate of drug-likeness (QED) is 0.799. The van der Waals surface area contributed by atoms with E-state index < -0.39 is 5.60 Å². The summed E-state index contributed by atoms with van der Waals surface area (Å²) >= 11 is 0. The first kappa shape index (κ1) is 20.8. The van der Waals surface area contributed by atoms with E-state index in [1.54, 1.807) is 4.90 Å². The molecule has 30 heavy (non-hydrogen) atoms. The van der Waals surface area contributed by atoms with E-state index in [1.165, 1.54) is 16.5 Å². The normalized spacial score (nSPS) is 20.7. The molecule has 2 aliphatic rings. The molecule has 6 heteroatoms. The van der Waals surface area contributed by atoms with Crippen LogP contribution in [0.15, 0.2) is 30.5 Å². The Bertz CT molecular complexity index is 906. The fraction of sp³-hybridized carbons (Fsp3) is 0.583. The molecule has 1 atom stereocenters. The SMILES string of the molecule is CC(C)(C)OC(=O)N1CCC[C@H]1CC(=O)N1CCC(c2c[nH]c3ccccc23)CC1. The van der Waals surface area contributed by atoms with E-state index in [0.717, 1.165) is 38.8 Å². The number of ether oxygens (including phenoxy) is 1. The highest BCUT2D eigenvalue weighted by Gasteiger charge is 2.35. The van der Waals surface area contributed by atoms with Crippen molar-refractivity contribution >= 4 is 22.9 Å². The highest BCUT2D eigenvalue weighted by molar-refractivity contribution is 5.83. The molecule has 0 unspecified atom stereocenters. The van der Waals surface area contributed by atoms with Crippen LogP contribution >= 0.6 is 0 Å². The second-order valence-corrected chi connectivity index (χ2v) is 9.62. The molecule has 1 aromatic carbocycles. The molecule has 2 aromatic rings. The van der Waals surface area contributed by atoms with Gasteiger partial charge in [0.15, 0.2) is 0 Å². The van der Waals surface area contributed by atoms with Gasteiger partial charge in [-0.15, -0.1) is 0 Å². The number of piperidine rings is 1. The topological polar surface area (TPSA) is 65.6 Å². The Morgan fingerprint density at radius 1 is 1.10 bits per heavy atom. The van der Waals surface area contributed by atoms with Crippen LogP contribution in [0, 0.1) is 0 Å². The van der Waals surface area contributed by atoms with E-state index in [-0.39, 0.29) is 18.0 Å². The van der Waals surface area contributed by atoms with Crippen molar-refractivity contribution in [2.75, 3.05) is 19.6 Å². The number of nitrogens with one attached hydrogen (secondary N) is 1. The Labute approximate surface area is 178 Å². The van der Waals surface area contributed by atoms with E-state index in [4.69, 9.17) is 4.74 Å². The summed E-state index contributed by atoms with van der Waals surface area (Å²) in [7, 11) is 0. The monoisotopic (exact) mass is 411 g/mol. The van der Waals surface area contributed by atoms with Crippen LogP contribution in [0.25, 0.3) is 10.9 Å². The number of hydrogen-bond acceptors (Lipinski definition) is 3. The average molecular weight is 412 g/mol. The summed E-state index contributed by atoms with van der Waals surface area (Å²) in [6, 6.07) is 8.36. The number of amides is 2. The smallest absolute Gasteiger partial charge is 0.410 e. The third kappa shape index (κ3) is 4.47. The lowest BCUT2D eigenvalue weighted by Crippen LogP contribution is -2.44. The third-order valence-electron chi connectivity index (χ3n) is 6.32. The van der Waals surface area contributed by atoms with Crippen LogP contribution in [0.5, 0.6) is 0 Å². The summed E-state index contributed by atoms with van der Waals surface area (Å²) in [5.41, 5.74) is 2.03. The van der Waals surface area contributed by atoms with Crippen LogP contribution in [-0.4, -0.2) is 58.1 Å². The number of fused-ring (bicyclic) bond motifs is 1. The van der Waals surface area contributed by atoms with Crippen molar-refractivity contribution in [3.05, 3.63) is 36.0 Å². The Balaban J connectivity index is 1.32. The van der Waals surface area contributed by atoms with E-state index in [2.05, 4.69) is 29.4 Å². The van der Waals surface area contributed by atoms with Gasteiger partial charge in [-0.3, -0.25) is 4.79 Å². The minimum atomic E-state index is -0.515. The number of aromatic amines is 1. The third-order valence-corrected chi connectivity index (χ3v) is 6.32. The summed E-state index contributed by atoms with van der Waals surface area (Å²) in [5, 5.41) is 1.29. The van der Waals surface area contributed by atoms with Gasteiger partial charge in [0, 0.05) is 49.2 Å². The Hall–Kier alpha value is -2.50. The molecule has 0 spiro atoms. The van der Waals surface area contributed by atoms with Crippen LogP contribution < -0.4 is 0 Å². The number of nitrogens with zero attached hydrogens (tertiary/aromatic N) is 2. The van der Waals surface area contributed by atoms with Gasteiger partial charge in [0.05, 0.1) is 0 Å². The fourth-order valence-electron chi connectivity index (χ4n) is 4.81. The van der Waals surface area contributed by atoms with Gasteiger partial charge in [0.25, 0.3) is 0 Å². The second kappa shape index (κ2) is 8.32. The van der Waals surface area contributed by atoms with Gasteiger partial charge >= 0.3 is 6.09 Å². The number of para-hydroxylation sites is 1.